The molecule has 3 rings (SSSR count). The summed E-state index contributed by atoms with van der Waals surface area (Å²) in [7, 11) is 0. The maximum Gasteiger partial charge on any atom is 1.00 e. The van der Waals surface area contributed by atoms with Gasteiger partial charge in [0.2, 0.25) is 0 Å². The molecule has 0 aliphatic rings. The zero-order valence-corrected chi connectivity index (χ0v) is 19.3. The molecule has 2 aromatic heterocycles. The standard InChI is InChI=1S/C18H16NO5.2Na/c1-3-5-10-16-11(13(20)6-7-19(16)4-2)8-12-14(21)9-15(18(22)23)24-17(10)12;;/h6,8-9H,3-5H2,1-2H3,(H,22,23);;/q-1;2*+1/p-1. The maximum atomic E-state index is 12.3. The van der Waals surface area contributed by atoms with E-state index in [1.165, 1.54) is 12.1 Å². The summed E-state index contributed by atoms with van der Waals surface area (Å²) in [4.78, 5) is 35.7. The Morgan fingerprint density at radius 1 is 1.15 bits per heavy atom. The Kier molecular flexibility index (Phi) is 8.33. The van der Waals surface area contributed by atoms with E-state index in [9.17, 15) is 19.5 Å². The van der Waals surface area contributed by atoms with E-state index < -0.39 is 17.2 Å². The van der Waals surface area contributed by atoms with Gasteiger partial charge in [-0.25, -0.2) is 0 Å². The first-order chi connectivity index (χ1) is 11.5. The van der Waals surface area contributed by atoms with E-state index in [0.29, 0.717) is 29.4 Å². The fourth-order valence-corrected chi connectivity index (χ4v) is 2.95. The number of aromatic nitrogens is 1. The summed E-state index contributed by atoms with van der Waals surface area (Å²) in [5, 5.41) is 11.7. The molecule has 0 atom stereocenters. The number of carbonyl (C=O) groups is 1. The largest absolute Gasteiger partial charge is 1.00 e. The van der Waals surface area contributed by atoms with Crippen LogP contribution in [0.2, 0.25) is 0 Å². The number of benzene rings is 1. The van der Waals surface area contributed by atoms with E-state index in [2.05, 4.69) is 6.20 Å². The summed E-state index contributed by atoms with van der Waals surface area (Å²) in [6.45, 7) is 4.43. The first-order valence-electron chi connectivity index (χ1n) is 7.74. The smallest absolute Gasteiger partial charge is 0.542 e. The second-order valence-corrected chi connectivity index (χ2v) is 5.52. The molecule has 0 radical (unpaired) electrons. The van der Waals surface area contributed by atoms with E-state index in [1.54, 1.807) is 4.57 Å². The molecule has 0 fully saturated rings. The number of pyridine rings is 1. The fourth-order valence-electron chi connectivity index (χ4n) is 2.95. The zero-order valence-electron chi connectivity index (χ0n) is 15.3. The van der Waals surface area contributed by atoms with Crippen molar-refractivity contribution in [3.8, 4) is 0 Å². The van der Waals surface area contributed by atoms with Crippen LogP contribution in [-0.4, -0.2) is 10.5 Å². The van der Waals surface area contributed by atoms with Gasteiger partial charge in [0.25, 0.3) is 0 Å². The average molecular weight is 371 g/mol. The molecule has 0 saturated carbocycles. The predicted octanol–water partition coefficient (Wildman–Crippen LogP) is -4.75. The van der Waals surface area contributed by atoms with Crippen LogP contribution >= 0.6 is 0 Å². The number of hydrogen-bond donors (Lipinski definition) is 0. The molecule has 3 aromatic rings. The Morgan fingerprint density at radius 3 is 2.42 bits per heavy atom. The Balaban J connectivity index is 0.00000169. The number of carboxylic acid groups (broad SMARTS) is 1. The van der Waals surface area contributed by atoms with E-state index in [0.717, 1.165) is 12.5 Å². The van der Waals surface area contributed by atoms with Gasteiger partial charge < -0.3 is 23.7 Å². The number of nitrogens with zero attached hydrogens (tertiary/aromatic N) is 1. The average Bonchev–Trinajstić information content (AvgIpc) is 2.56. The van der Waals surface area contributed by atoms with Crippen LogP contribution in [0.25, 0.3) is 21.9 Å². The van der Waals surface area contributed by atoms with Crippen molar-refractivity contribution in [1.82, 2.24) is 4.57 Å². The SMILES string of the molecule is CCCc1c2oc(C(=O)[O-])cc(=O)c2cc2c(=O)c[c-]n(CC)c12.[Na+].[Na+]. The van der Waals surface area contributed by atoms with Crippen molar-refractivity contribution in [2.24, 2.45) is 0 Å². The van der Waals surface area contributed by atoms with Crippen molar-refractivity contribution in [2.45, 2.75) is 33.2 Å². The van der Waals surface area contributed by atoms with Gasteiger partial charge >= 0.3 is 59.1 Å². The molecule has 0 N–H and O–H groups in total. The van der Waals surface area contributed by atoms with Gasteiger partial charge in [0.15, 0.2) is 11.2 Å². The summed E-state index contributed by atoms with van der Waals surface area (Å²) in [5.41, 5.74) is 0.707. The van der Waals surface area contributed by atoms with E-state index in [4.69, 9.17) is 4.42 Å². The van der Waals surface area contributed by atoms with Crippen LogP contribution in [0.3, 0.4) is 0 Å². The van der Waals surface area contributed by atoms with Gasteiger partial charge in [0, 0.05) is 6.07 Å². The monoisotopic (exact) mass is 371 g/mol. The van der Waals surface area contributed by atoms with Crippen molar-refractivity contribution in [3.63, 3.8) is 0 Å². The van der Waals surface area contributed by atoms with Crippen LogP contribution in [0.5, 0.6) is 0 Å². The van der Waals surface area contributed by atoms with E-state index >= 15 is 0 Å². The van der Waals surface area contributed by atoms with Crippen LogP contribution in [0.15, 0.2) is 32.2 Å². The summed E-state index contributed by atoms with van der Waals surface area (Å²) < 4.78 is 7.21. The normalized spacial score (nSPS) is 10.4. The molecule has 124 valence electrons. The minimum absolute atomic E-state index is 0. The number of carboxylic acids is 1. The van der Waals surface area contributed by atoms with Gasteiger partial charge in [-0.15, -0.1) is 6.07 Å². The van der Waals surface area contributed by atoms with Crippen molar-refractivity contribution in [1.29, 1.82) is 0 Å². The second kappa shape index (κ2) is 9.35. The molecule has 0 aliphatic carbocycles. The number of aryl methyl sites for hydroxylation is 2. The van der Waals surface area contributed by atoms with Crippen molar-refractivity contribution >= 4 is 27.8 Å². The number of aromatic carboxylic acids is 1. The van der Waals surface area contributed by atoms with Gasteiger partial charge in [0.1, 0.15) is 11.6 Å². The van der Waals surface area contributed by atoms with E-state index in [-0.39, 0.29) is 75.5 Å². The van der Waals surface area contributed by atoms with Gasteiger partial charge in [-0.3, -0.25) is 4.79 Å². The molecular formula is C18H15NNa2O5. The molecule has 0 amide bonds. The molecule has 0 unspecified atom stereocenters. The van der Waals surface area contributed by atoms with Crippen LogP contribution in [0.4, 0.5) is 0 Å². The number of hydrogen-bond acceptors (Lipinski definition) is 5. The van der Waals surface area contributed by atoms with Crippen LogP contribution in [0, 0.1) is 6.20 Å². The molecule has 0 spiro atoms. The first-order valence-corrected chi connectivity index (χ1v) is 7.74. The molecule has 1 aromatic carbocycles. The molecular weight excluding hydrogens is 356 g/mol. The Morgan fingerprint density at radius 2 is 1.85 bits per heavy atom. The Hall–Kier alpha value is -0.890. The molecule has 26 heavy (non-hydrogen) atoms. The molecule has 2 heterocycles. The van der Waals surface area contributed by atoms with Crippen LogP contribution in [0.1, 0.15) is 36.4 Å². The van der Waals surface area contributed by atoms with Crippen LogP contribution in [-0.2, 0) is 13.0 Å². The van der Waals surface area contributed by atoms with Gasteiger partial charge in [-0.05, 0) is 25.5 Å². The van der Waals surface area contributed by atoms with Gasteiger partial charge in [-0.1, -0.05) is 36.5 Å². The number of fused-ring (bicyclic) bond motifs is 2. The quantitative estimate of drug-likeness (QED) is 0.261. The van der Waals surface area contributed by atoms with E-state index in [1.807, 2.05) is 13.8 Å². The molecule has 6 nitrogen and oxygen atoms in total. The van der Waals surface area contributed by atoms with Crippen LogP contribution < -0.4 is 75.1 Å². The first kappa shape index (κ1) is 23.1. The fraction of sp³-hybridized carbons (Fsp3) is 0.278. The summed E-state index contributed by atoms with van der Waals surface area (Å²) in [6, 6.07) is 3.69. The van der Waals surface area contributed by atoms with Crippen molar-refractivity contribution in [3.05, 3.63) is 56.2 Å². The summed E-state index contributed by atoms with van der Waals surface area (Å²) >= 11 is 0. The predicted molar refractivity (Wildman–Crippen MR) is 87.1 cm³/mol. The summed E-state index contributed by atoms with van der Waals surface area (Å²) in [6.07, 6.45) is 4.17. The Labute approximate surface area is 193 Å². The number of rotatable bonds is 4. The minimum atomic E-state index is -1.55. The van der Waals surface area contributed by atoms with Crippen molar-refractivity contribution in [2.75, 3.05) is 0 Å². The second-order valence-electron chi connectivity index (χ2n) is 5.52. The third kappa shape index (κ3) is 4.01. The third-order valence-electron chi connectivity index (χ3n) is 3.99. The minimum Gasteiger partial charge on any atom is -0.542 e. The topological polar surface area (TPSA) is 92.3 Å². The summed E-state index contributed by atoms with van der Waals surface area (Å²) in [5.74, 6) is -2.07. The molecule has 0 bridgehead atoms. The van der Waals surface area contributed by atoms with Crippen molar-refractivity contribution < 1.29 is 73.4 Å². The third-order valence-corrected chi connectivity index (χ3v) is 3.99. The number of carbonyl (C=O) groups excluding carboxylic acids is 1. The van der Waals surface area contributed by atoms with Gasteiger partial charge in [-0.2, -0.15) is 0 Å². The van der Waals surface area contributed by atoms with Gasteiger partial charge in [0.05, 0.1) is 10.8 Å². The maximum absolute atomic E-state index is 12.3. The molecule has 8 heteroatoms. The molecule has 0 aliphatic heterocycles. The molecule has 0 saturated heterocycles. The Bertz CT molecular complexity index is 1080. The zero-order chi connectivity index (χ0) is 17.4.